The smallest absolute Gasteiger partial charge is 0.118 e. The predicted octanol–water partition coefficient (Wildman–Crippen LogP) is 2.67. The van der Waals surface area contributed by atoms with Crippen LogP contribution in [0, 0.1) is 11.3 Å². The molecule has 1 fully saturated rings. The number of hydrogen-bond donors (Lipinski definition) is 1. The molecule has 116 valence electrons. The lowest BCUT2D eigenvalue weighted by molar-refractivity contribution is 0.0500. The van der Waals surface area contributed by atoms with Crippen LogP contribution in [0.25, 0.3) is 0 Å². The molecular formula is C16H23ClN2O2. The molecule has 1 aromatic carbocycles. The Hall–Kier alpha value is -1.28. The second-order valence-corrected chi connectivity index (χ2v) is 5.21. The average molecular weight is 311 g/mol. The Balaban J connectivity index is 0.00000220. The van der Waals surface area contributed by atoms with Crippen molar-refractivity contribution < 1.29 is 9.47 Å². The number of methoxy groups -OCH3 is 1. The van der Waals surface area contributed by atoms with Gasteiger partial charge in [-0.25, -0.2) is 0 Å². The highest BCUT2D eigenvalue weighted by Crippen LogP contribution is 2.35. The van der Waals surface area contributed by atoms with Crippen molar-refractivity contribution >= 4 is 12.4 Å². The van der Waals surface area contributed by atoms with Crippen molar-refractivity contribution in [1.82, 2.24) is 5.32 Å². The van der Waals surface area contributed by atoms with Gasteiger partial charge in [0.15, 0.2) is 0 Å². The van der Waals surface area contributed by atoms with Gasteiger partial charge >= 0.3 is 0 Å². The van der Waals surface area contributed by atoms with E-state index in [-0.39, 0.29) is 17.8 Å². The van der Waals surface area contributed by atoms with Crippen LogP contribution in [-0.4, -0.2) is 33.4 Å². The first-order chi connectivity index (χ1) is 9.80. The van der Waals surface area contributed by atoms with Crippen molar-refractivity contribution in [2.24, 2.45) is 0 Å². The fourth-order valence-corrected chi connectivity index (χ4v) is 2.75. The molecule has 2 rings (SSSR count). The molecule has 0 aliphatic carbocycles. The van der Waals surface area contributed by atoms with Crippen LogP contribution in [0.3, 0.4) is 0 Å². The summed E-state index contributed by atoms with van der Waals surface area (Å²) in [4.78, 5) is 0. The van der Waals surface area contributed by atoms with Crippen LogP contribution in [0.1, 0.15) is 24.8 Å². The minimum Gasteiger partial charge on any atom is -0.497 e. The highest BCUT2D eigenvalue weighted by Gasteiger charge is 2.33. The summed E-state index contributed by atoms with van der Waals surface area (Å²) in [5.74, 6) is 0.883. The van der Waals surface area contributed by atoms with Gasteiger partial charge in [0, 0.05) is 38.1 Å². The highest BCUT2D eigenvalue weighted by molar-refractivity contribution is 5.85. The largest absolute Gasteiger partial charge is 0.497 e. The van der Waals surface area contributed by atoms with Crippen LogP contribution in [0.15, 0.2) is 24.3 Å². The normalized spacial score (nSPS) is 16.6. The molecule has 0 saturated carbocycles. The van der Waals surface area contributed by atoms with E-state index in [0.29, 0.717) is 6.42 Å². The summed E-state index contributed by atoms with van der Waals surface area (Å²) in [5.41, 5.74) is 1.44. The molecule has 0 unspecified atom stereocenters. The molecule has 5 heteroatoms. The van der Waals surface area contributed by atoms with Crippen molar-refractivity contribution in [3.8, 4) is 11.8 Å². The Morgan fingerprint density at radius 2 is 1.95 bits per heavy atom. The van der Waals surface area contributed by atoms with Crippen LogP contribution < -0.4 is 10.1 Å². The topological polar surface area (TPSA) is 54.3 Å². The summed E-state index contributed by atoms with van der Waals surface area (Å²) in [6.07, 6.45) is 2.58. The first-order valence-corrected chi connectivity index (χ1v) is 7.11. The van der Waals surface area contributed by atoms with E-state index in [4.69, 9.17) is 14.7 Å². The third-order valence-corrected chi connectivity index (χ3v) is 4.03. The van der Waals surface area contributed by atoms with Gasteiger partial charge in [0.2, 0.25) is 0 Å². The van der Waals surface area contributed by atoms with Crippen molar-refractivity contribution in [1.29, 1.82) is 5.26 Å². The monoisotopic (exact) mass is 310 g/mol. The molecule has 4 nitrogen and oxygen atoms in total. The molecular weight excluding hydrogens is 288 g/mol. The van der Waals surface area contributed by atoms with Crippen LogP contribution in [0.2, 0.25) is 0 Å². The number of nitriles is 1. The predicted molar refractivity (Wildman–Crippen MR) is 85.1 cm³/mol. The molecule has 1 saturated heterocycles. The zero-order valence-electron chi connectivity index (χ0n) is 12.4. The zero-order chi connectivity index (χ0) is 14.3. The van der Waals surface area contributed by atoms with Crippen LogP contribution >= 0.6 is 12.4 Å². The van der Waals surface area contributed by atoms with Gasteiger partial charge in [-0.2, -0.15) is 5.26 Å². The Morgan fingerprint density at radius 3 is 2.52 bits per heavy atom. The number of hydrogen-bond acceptors (Lipinski definition) is 4. The highest BCUT2D eigenvalue weighted by atomic mass is 35.5. The number of nitrogens with zero attached hydrogens (tertiary/aromatic N) is 1. The number of rotatable bonds is 6. The maximum Gasteiger partial charge on any atom is 0.118 e. The summed E-state index contributed by atoms with van der Waals surface area (Å²) in [5, 5.41) is 12.0. The molecule has 1 aromatic rings. The van der Waals surface area contributed by atoms with Gasteiger partial charge < -0.3 is 14.8 Å². The van der Waals surface area contributed by atoms with Gasteiger partial charge in [-0.05, 0) is 30.5 Å². The summed E-state index contributed by atoms with van der Waals surface area (Å²) in [6, 6.07) is 10.5. The minimum absolute atomic E-state index is 0. The van der Waals surface area contributed by atoms with E-state index in [0.717, 1.165) is 44.9 Å². The van der Waals surface area contributed by atoms with Gasteiger partial charge in [-0.3, -0.25) is 0 Å². The van der Waals surface area contributed by atoms with E-state index in [1.807, 2.05) is 12.1 Å². The van der Waals surface area contributed by atoms with Gasteiger partial charge in [-0.15, -0.1) is 12.4 Å². The van der Waals surface area contributed by atoms with E-state index >= 15 is 0 Å². The van der Waals surface area contributed by atoms with Crippen molar-refractivity contribution in [2.75, 3.05) is 33.4 Å². The van der Waals surface area contributed by atoms with E-state index in [1.165, 1.54) is 5.56 Å². The lowest BCUT2D eigenvalue weighted by Gasteiger charge is -2.38. The van der Waals surface area contributed by atoms with E-state index in [1.54, 1.807) is 7.11 Å². The molecule has 0 bridgehead atoms. The lowest BCUT2D eigenvalue weighted by atomic mass is 9.74. The van der Waals surface area contributed by atoms with Gasteiger partial charge in [0.25, 0.3) is 0 Å². The number of halogens is 1. The molecule has 0 amide bonds. The molecule has 0 aromatic heterocycles. The van der Waals surface area contributed by atoms with Crippen LogP contribution in [0.5, 0.6) is 5.75 Å². The molecule has 0 radical (unpaired) electrons. The van der Waals surface area contributed by atoms with E-state index in [2.05, 4.69) is 23.5 Å². The minimum atomic E-state index is 0. The van der Waals surface area contributed by atoms with Crippen LogP contribution in [-0.2, 0) is 10.2 Å². The Labute approximate surface area is 132 Å². The summed E-state index contributed by atoms with van der Waals surface area (Å²) < 4.78 is 10.7. The second kappa shape index (κ2) is 8.89. The molecule has 1 aliphatic heterocycles. The van der Waals surface area contributed by atoms with Crippen molar-refractivity contribution in [3.63, 3.8) is 0 Å². The third kappa shape index (κ3) is 4.60. The summed E-state index contributed by atoms with van der Waals surface area (Å²) >= 11 is 0. The number of benzene rings is 1. The first-order valence-electron chi connectivity index (χ1n) is 7.11. The van der Waals surface area contributed by atoms with Crippen molar-refractivity contribution in [2.45, 2.75) is 24.7 Å². The maximum absolute atomic E-state index is 8.62. The lowest BCUT2D eigenvalue weighted by Crippen LogP contribution is -2.43. The van der Waals surface area contributed by atoms with Crippen LogP contribution in [0.4, 0.5) is 0 Å². The van der Waals surface area contributed by atoms with Gasteiger partial charge in [0.05, 0.1) is 13.2 Å². The molecule has 1 aliphatic rings. The number of nitrogens with one attached hydrogen (secondary N) is 1. The quantitative estimate of drug-likeness (QED) is 0.821. The first kappa shape index (κ1) is 17.8. The van der Waals surface area contributed by atoms with Gasteiger partial charge in [0.1, 0.15) is 5.75 Å². The molecule has 21 heavy (non-hydrogen) atoms. The standard InChI is InChI=1S/C16H22N2O2.ClH/c1-19-15-5-3-14(4-6-15)16(7-11-20-12-8-16)13-18-10-2-9-17;/h3-6,18H,2,7-8,10-13H2,1H3;1H. The van der Waals surface area contributed by atoms with E-state index < -0.39 is 0 Å². The van der Waals surface area contributed by atoms with Crippen molar-refractivity contribution in [3.05, 3.63) is 29.8 Å². The number of ether oxygens (including phenoxy) is 2. The Kier molecular flexibility index (Phi) is 7.52. The molecule has 0 atom stereocenters. The Bertz CT molecular complexity index is 450. The molecule has 1 N–H and O–H groups in total. The third-order valence-electron chi connectivity index (χ3n) is 4.03. The fourth-order valence-electron chi connectivity index (χ4n) is 2.75. The second-order valence-electron chi connectivity index (χ2n) is 5.21. The Morgan fingerprint density at radius 1 is 1.29 bits per heavy atom. The maximum atomic E-state index is 8.62. The van der Waals surface area contributed by atoms with E-state index in [9.17, 15) is 0 Å². The summed E-state index contributed by atoms with van der Waals surface area (Å²) in [7, 11) is 1.68. The SMILES string of the molecule is COc1ccc(C2(CNCCC#N)CCOCC2)cc1.Cl. The average Bonchev–Trinajstić information content (AvgIpc) is 2.53. The van der Waals surface area contributed by atoms with Gasteiger partial charge in [-0.1, -0.05) is 12.1 Å². The molecule has 0 spiro atoms. The molecule has 1 heterocycles. The summed E-state index contributed by atoms with van der Waals surface area (Å²) in [6.45, 7) is 3.23. The zero-order valence-corrected chi connectivity index (χ0v) is 13.2. The fraction of sp³-hybridized carbons (Fsp3) is 0.562.